The SMILES string of the molecule is CC(C)c1ccc2c(c1)CC(=O)CO2. The quantitative estimate of drug-likeness (QED) is 0.679. The molecule has 0 spiro atoms. The zero-order valence-corrected chi connectivity index (χ0v) is 8.54. The van der Waals surface area contributed by atoms with E-state index in [1.165, 1.54) is 5.56 Å². The second-order valence-electron chi connectivity index (χ2n) is 4.03. The van der Waals surface area contributed by atoms with Crippen molar-refractivity contribution >= 4 is 5.78 Å². The minimum atomic E-state index is 0.165. The van der Waals surface area contributed by atoms with Crippen LogP contribution in [-0.4, -0.2) is 12.4 Å². The highest BCUT2D eigenvalue weighted by Crippen LogP contribution is 2.27. The average molecular weight is 190 g/mol. The van der Waals surface area contributed by atoms with Crippen molar-refractivity contribution in [3.63, 3.8) is 0 Å². The molecule has 0 aliphatic carbocycles. The summed E-state index contributed by atoms with van der Waals surface area (Å²) < 4.78 is 5.32. The van der Waals surface area contributed by atoms with Gasteiger partial charge in [-0.1, -0.05) is 26.0 Å². The molecule has 0 saturated heterocycles. The molecule has 2 rings (SSSR count). The van der Waals surface area contributed by atoms with E-state index in [0.717, 1.165) is 11.3 Å². The molecule has 0 aromatic heterocycles. The Balaban J connectivity index is 2.37. The third-order valence-electron chi connectivity index (χ3n) is 2.53. The van der Waals surface area contributed by atoms with E-state index in [4.69, 9.17) is 4.74 Å². The first-order chi connectivity index (χ1) is 6.66. The summed E-state index contributed by atoms with van der Waals surface area (Å²) in [6, 6.07) is 6.12. The van der Waals surface area contributed by atoms with Crippen LogP contribution in [0.25, 0.3) is 0 Å². The van der Waals surface area contributed by atoms with Gasteiger partial charge in [0.1, 0.15) is 12.4 Å². The molecule has 2 heteroatoms. The van der Waals surface area contributed by atoms with E-state index in [2.05, 4.69) is 26.0 Å². The first-order valence-corrected chi connectivity index (χ1v) is 4.94. The summed E-state index contributed by atoms with van der Waals surface area (Å²) in [7, 11) is 0. The lowest BCUT2D eigenvalue weighted by Crippen LogP contribution is -2.20. The van der Waals surface area contributed by atoms with Crippen LogP contribution in [0.15, 0.2) is 18.2 Å². The van der Waals surface area contributed by atoms with Crippen LogP contribution >= 0.6 is 0 Å². The normalized spacial score (nSPS) is 15.2. The van der Waals surface area contributed by atoms with Gasteiger partial charge in [0.25, 0.3) is 0 Å². The van der Waals surface area contributed by atoms with Gasteiger partial charge in [0, 0.05) is 12.0 Å². The Labute approximate surface area is 83.9 Å². The highest BCUT2D eigenvalue weighted by atomic mass is 16.5. The lowest BCUT2D eigenvalue weighted by molar-refractivity contribution is -0.121. The molecule has 2 nitrogen and oxygen atoms in total. The highest BCUT2D eigenvalue weighted by Gasteiger charge is 2.17. The highest BCUT2D eigenvalue weighted by molar-refractivity contribution is 5.84. The maximum Gasteiger partial charge on any atom is 0.174 e. The Morgan fingerprint density at radius 2 is 2.14 bits per heavy atom. The summed E-state index contributed by atoms with van der Waals surface area (Å²) in [5.41, 5.74) is 2.30. The molecule has 0 amide bonds. The van der Waals surface area contributed by atoms with Gasteiger partial charge in [-0.15, -0.1) is 0 Å². The van der Waals surface area contributed by atoms with Crippen molar-refractivity contribution in [3.05, 3.63) is 29.3 Å². The molecule has 1 heterocycles. The number of Topliss-reactive ketones (excluding diaryl/α,β-unsaturated/α-hetero) is 1. The lowest BCUT2D eigenvalue weighted by atomic mass is 9.97. The van der Waals surface area contributed by atoms with Crippen LogP contribution < -0.4 is 4.74 Å². The fourth-order valence-electron chi connectivity index (χ4n) is 1.66. The van der Waals surface area contributed by atoms with Gasteiger partial charge in [-0.05, 0) is 17.5 Å². The summed E-state index contributed by atoms with van der Waals surface area (Å²) in [6.07, 6.45) is 0.524. The van der Waals surface area contributed by atoms with Crippen molar-refractivity contribution in [1.82, 2.24) is 0 Å². The molecular weight excluding hydrogens is 176 g/mol. The maximum absolute atomic E-state index is 11.2. The fraction of sp³-hybridized carbons (Fsp3) is 0.417. The molecule has 0 bridgehead atoms. The van der Waals surface area contributed by atoms with Crippen molar-refractivity contribution in [1.29, 1.82) is 0 Å². The Hall–Kier alpha value is -1.31. The van der Waals surface area contributed by atoms with Gasteiger partial charge < -0.3 is 4.74 Å². The number of carbonyl (C=O) groups is 1. The van der Waals surface area contributed by atoms with Crippen LogP contribution in [0.3, 0.4) is 0 Å². The van der Waals surface area contributed by atoms with Gasteiger partial charge in [-0.2, -0.15) is 0 Å². The van der Waals surface area contributed by atoms with Crippen LogP contribution in [0, 0.1) is 0 Å². The van der Waals surface area contributed by atoms with Gasteiger partial charge in [0.2, 0.25) is 0 Å². The second kappa shape index (κ2) is 3.45. The summed E-state index contributed by atoms with van der Waals surface area (Å²) in [5.74, 6) is 1.53. The minimum Gasteiger partial charge on any atom is -0.486 e. The van der Waals surface area contributed by atoms with Crippen LogP contribution in [0.2, 0.25) is 0 Å². The van der Waals surface area contributed by atoms with E-state index in [9.17, 15) is 4.79 Å². The number of ether oxygens (including phenoxy) is 1. The number of ketones is 1. The molecule has 0 N–H and O–H groups in total. The van der Waals surface area contributed by atoms with E-state index < -0.39 is 0 Å². The Kier molecular flexibility index (Phi) is 2.28. The lowest BCUT2D eigenvalue weighted by Gasteiger charge is -2.18. The third kappa shape index (κ3) is 1.65. The summed E-state index contributed by atoms with van der Waals surface area (Å²) in [5, 5.41) is 0. The number of fused-ring (bicyclic) bond motifs is 1. The standard InChI is InChI=1S/C12H14O2/c1-8(2)9-3-4-12-10(5-9)6-11(13)7-14-12/h3-5,8H,6-7H2,1-2H3. The van der Waals surface area contributed by atoms with Gasteiger partial charge in [-0.25, -0.2) is 0 Å². The average Bonchev–Trinajstić information content (AvgIpc) is 2.16. The first kappa shape index (κ1) is 9.25. The predicted molar refractivity (Wildman–Crippen MR) is 54.7 cm³/mol. The molecule has 1 aromatic rings. The van der Waals surface area contributed by atoms with E-state index in [-0.39, 0.29) is 12.4 Å². The van der Waals surface area contributed by atoms with Crippen molar-refractivity contribution in [2.45, 2.75) is 26.2 Å². The topological polar surface area (TPSA) is 26.3 Å². The van der Waals surface area contributed by atoms with Gasteiger partial charge in [0.15, 0.2) is 5.78 Å². The van der Waals surface area contributed by atoms with Crippen LogP contribution in [0.4, 0.5) is 0 Å². The number of hydrogen-bond acceptors (Lipinski definition) is 2. The van der Waals surface area contributed by atoms with Crippen molar-refractivity contribution in [2.24, 2.45) is 0 Å². The zero-order chi connectivity index (χ0) is 10.1. The molecule has 0 saturated carbocycles. The predicted octanol–water partition coefficient (Wildman–Crippen LogP) is 2.31. The second-order valence-corrected chi connectivity index (χ2v) is 4.03. The molecule has 0 unspecified atom stereocenters. The Morgan fingerprint density at radius 1 is 1.36 bits per heavy atom. The van der Waals surface area contributed by atoms with Crippen molar-refractivity contribution in [2.75, 3.05) is 6.61 Å². The van der Waals surface area contributed by atoms with Crippen molar-refractivity contribution < 1.29 is 9.53 Å². The van der Waals surface area contributed by atoms with Gasteiger partial charge in [0.05, 0.1) is 0 Å². The summed E-state index contributed by atoms with van der Waals surface area (Å²) >= 11 is 0. The maximum atomic E-state index is 11.2. The number of rotatable bonds is 1. The number of hydrogen-bond donors (Lipinski definition) is 0. The smallest absolute Gasteiger partial charge is 0.174 e. The van der Waals surface area contributed by atoms with E-state index in [0.29, 0.717) is 12.3 Å². The van der Waals surface area contributed by atoms with Crippen LogP contribution in [0.5, 0.6) is 5.75 Å². The zero-order valence-electron chi connectivity index (χ0n) is 8.54. The van der Waals surface area contributed by atoms with E-state index in [1.54, 1.807) is 0 Å². The molecule has 14 heavy (non-hydrogen) atoms. The number of carbonyl (C=O) groups excluding carboxylic acids is 1. The van der Waals surface area contributed by atoms with Crippen LogP contribution in [0.1, 0.15) is 30.9 Å². The Bertz CT molecular complexity index is 367. The summed E-state index contributed by atoms with van der Waals surface area (Å²) in [4.78, 5) is 11.2. The van der Waals surface area contributed by atoms with Gasteiger partial charge >= 0.3 is 0 Å². The third-order valence-corrected chi connectivity index (χ3v) is 2.53. The monoisotopic (exact) mass is 190 g/mol. The molecule has 0 fully saturated rings. The molecular formula is C12H14O2. The molecule has 1 aromatic carbocycles. The van der Waals surface area contributed by atoms with E-state index in [1.807, 2.05) is 6.07 Å². The molecule has 1 aliphatic rings. The van der Waals surface area contributed by atoms with E-state index >= 15 is 0 Å². The summed E-state index contributed by atoms with van der Waals surface area (Å²) in [6.45, 7) is 4.52. The van der Waals surface area contributed by atoms with Gasteiger partial charge in [-0.3, -0.25) is 4.79 Å². The molecule has 74 valence electrons. The first-order valence-electron chi connectivity index (χ1n) is 4.94. The number of benzene rings is 1. The fourth-order valence-corrected chi connectivity index (χ4v) is 1.66. The largest absolute Gasteiger partial charge is 0.486 e. The van der Waals surface area contributed by atoms with Crippen LogP contribution in [-0.2, 0) is 11.2 Å². The molecule has 1 aliphatic heterocycles. The molecule has 0 atom stereocenters. The van der Waals surface area contributed by atoms with Crippen molar-refractivity contribution in [3.8, 4) is 5.75 Å². The Morgan fingerprint density at radius 3 is 2.86 bits per heavy atom. The molecule has 0 radical (unpaired) electrons. The minimum absolute atomic E-state index is 0.165.